The standard InChI is InChI=1S/C28H22I3O2S/c1-17(2)28(33-27-23(30)15-18(29)16-24(27)31)32-19-11-13-20(14-12-19)34-25-9-5-3-7-21(25)22-8-4-6-10-26(22)34/h3-17,28H,1-2H3/q+1. The Balaban J connectivity index is 1.45. The van der Waals surface area contributed by atoms with Crippen LogP contribution < -0.4 is 9.47 Å². The quantitative estimate of drug-likeness (QED) is 0.0968. The number of thiophene rings is 1. The van der Waals surface area contributed by atoms with Crippen molar-refractivity contribution in [2.24, 2.45) is 5.92 Å². The van der Waals surface area contributed by atoms with Crippen LogP contribution in [0, 0.1) is 16.6 Å². The van der Waals surface area contributed by atoms with Crippen LogP contribution in [0.4, 0.5) is 0 Å². The summed E-state index contributed by atoms with van der Waals surface area (Å²) in [5.74, 6) is 1.90. The van der Waals surface area contributed by atoms with Crippen LogP contribution in [-0.4, -0.2) is 6.29 Å². The third kappa shape index (κ3) is 4.92. The van der Waals surface area contributed by atoms with Crippen molar-refractivity contribution in [2.75, 3.05) is 0 Å². The SMILES string of the molecule is CC(C)C(Oc1ccc(-[s+]2c3ccccc3c3ccccc32)cc1)Oc1c(I)cc(I)cc1I. The van der Waals surface area contributed by atoms with Crippen molar-refractivity contribution in [3.8, 4) is 16.4 Å². The lowest BCUT2D eigenvalue weighted by molar-refractivity contribution is -0.0309. The summed E-state index contributed by atoms with van der Waals surface area (Å²) in [6, 6.07) is 30.3. The van der Waals surface area contributed by atoms with Gasteiger partial charge in [-0.05, 0) is 116 Å². The minimum Gasteiger partial charge on any atom is -0.455 e. The Morgan fingerprint density at radius 2 is 1.21 bits per heavy atom. The van der Waals surface area contributed by atoms with E-state index in [2.05, 4.69) is 167 Å². The molecule has 34 heavy (non-hydrogen) atoms. The molecule has 0 aliphatic heterocycles. The van der Waals surface area contributed by atoms with E-state index in [4.69, 9.17) is 9.47 Å². The topological polar surface area (TPSA) is 18.5 Å². The molecule has 0 aliphatic rings. The zero-order chi connectivity index (χ0) is 23.8. The molecule has 5 rings (SSSR count). The summed E-state index contributed by atoms with van der Waals surface area (Å²) in [5.41, 5.74) is 0. The molecule has 0 saturated carbocycles. The van der Waals surface area contributed by atoms with Crippen LogP contribution >= 0.6 is 78.2 Å². The first-order valence-electron chi connectivity index (χ1n) is 10.9. The molecule has 5 aromatic rings. The van der Waals surface area contributed by atoms with Crippen molar-refractivity contribution in [3.63, 3.8) is 0 Å². The molecule has 0 fully saturated rings. The zero-order valence-corrected chi connectivity index (χ0v) is 25.9. The number of fused-ring (bicyclic) bond motifs is 3. The molecule has 1 unspecified atom stereocenters. The molecule has 6 heteroatoms. The molecule has 4 aromatic carbocycles. The summed E-state index contributed by atoms with van der Waals surface area (Å²) >= 11 is 7.01. The van der Waals surface area contributed by atoms with Gasteiger partial charge in [-0.2, -0.15) is 0 Å². The molecule has 1 aromatic heterocycles. The van der Waals surface area contributed by atoms with E-state index in [9.17, 15) is 0 Å². The lowest BCUT2D eigenvalue weighted by Gasteiger charge is -2.25. The number of rotatable bonds is 6. The Kier molecular flexibility index (Phi) is 7.57. The monoisotopic (exact) mass is 803 g/mol. The van der Waals surface area contributed by atoms with Crippen LogP contribution in [0.1, 0.15) is 13.8 Å². The first-order chi connectivity index (χ1) is 16.4. The molecule has 0 aliphatic carbocycles. The highest BCUT2D eigenvalue weighted by atomic mass is 127. The van der Waals surface area contributed by atoms with Crippen LogP contribution in [-0.2, 0) is 0 Å². The van der Waals surface area contributed by atoms with Crippen LogP contribution in [0.25, 0.3) is 25.1 Å². The average molecular weight is 803 g/mol. The molecule has 2 nitrogen and oxygen atoms in total. The maximum Gasteiger partial charge on any atom is 0.243 e. The van der Waals surface area contributed by atoms with Gasteiger partial charge in [-0.15, -0.1) is 0 Å². The number of ether oxygens (including phenoxy) is 2. The smallest absolute Gasteiger partial charge is 0.243 e. The fraction of sp³-hybridized carbons (Fsp3) is 0.143. The number of benzene rings is 4. The molecule has 0 N–H and O–H groups in total. The third-order valence-electron chi connectivity index (χ3n) is 5.56. The second-order valence-electron chi connectivity index (χ2n) is 8.32. The maximum atomic E-state index is 6.38. The van der Waals surface area contributed by atoms with Crippen LogP contribution in [0.15, 0.2) is 84.9 Å². The van der Waals surface area contributed by atoms with E-state index in [0.29, 0.717) is 0 Å². The number of halogens is 3. The Hall–Kier alpha value is -1.11. The van der Waals surface area contributed by atoms with Gasteiger partial charge < -0.3 is 9.47 Å². The van der Waals surface area contributed by atoms with Gasteiger partial charge >= 0.3 is 0 Å². The minimum absolute atomic E-state index is 0.0998. The molecular weight excluding hydrogens is 781 g/mol. The van der Waals surface area contributed by atoms with Gasteiger partial charge in [0.1, 0.15) is 5.75 Å². The molecular formula is C28H22I3O2S+. The molecule has 0 bridgehead atoms. The summed E-state index contributed by atoms with van der Waals surface area (Å²) in [6.07, 6.45) is -0.372. The summed E-state index contributed by atoms with van der Waals surface area (Å²) in [4.78, 5) is 1.30. The van der Waals surface area contributed by atoms with E-state index >= 15 is 0 Å². The second-order valence-corrected chi connectivity index (χ2v) is 13.9. The Morgan fingerprint density at radius 1 is 0.676 bits per heavy atom. The first-order valence-corrected chi connectivity index (χ1v) is 15.4. The Labute approximate surface area is 243 Å². The first kappa shape index (κ1) is 24.6. The van der Waals surface area contributed by atoms with Gasteiger partial charge in [0.05, 0.1) is 7.14 Å². The molecule has 0 radical (unpaired) electrons. The van der Waals surface area contributed by atoms with Crippen molar-refractivity contribution < 1.29 is 9.47 Å². The van der Waals surface area contributed by atoms with E-state index in [1.165, 1.54) is 28.6 Å². The minimum atomic E-state index is -0.372. The second kappa shape index (κ2) is 10.5. The van der Waals surface area contributed by atoms with Gasteiger partial charge in [0.2, 0.25) is 6.29 Å². The highest BCUT2D eigenvalue weighted by Crippen LogP contribution is 2.48. The van der Waals surface area contributed by atoms with Gasteiger partial charge in [-0.25, -0.2) is 0 Å². The highest BCUT2D eigenvalue weighted by Gasteiger charge is 2.24. The summed E-state index contributed by atoms with van der Waals surface area (Å²) in [5, 5.41) is 2.69. The highest BCUT2D eigenvalue weighted by molar-refractivity contribution is 14.1. The fourth-order valence-corrected chi connectivity index (χ4v) is 10.2. The van der Waals surface area contributed by atoms with Gasteiger partial charge in [0.15, 0.2) is 20.0 Å². The van der Waals surface area contributed by atoms with Crippen molar-refractivity contribution >= 4 is 98.4 Å². The van der Waals surface area contributed by atoms with Crippen molar-refractivity contribution in [1.29, 1.82) is 0 Å². The molecule has 1 atom stereocenters. The van der Waals surface area contributed by atoms with Gasteiger partial charge in [0, 0.05) is 42.9 Å². The lowest BCUT2D eigenvalue weighted by atomic mass is 10.2. The molecule has 0 amide bonds. The predicted octanol–water partition coefficient (Wildman–Crippen LogP) is 9.98. The largest absolute Gasteiger partial charge is 0.455 e. The number of hydrogen-bond donors (Lipinski definition) is 0. The van der Waals surface area contributed by atoms with Crippen molar-refractivity contribution in [2.45, 2.75) is 20.1 Å². The van der Waals surface area contributed by atoms with Crippen LogP contribution in [0.5, 0.6) is 11.5 Å². The van der Waals surface area contributed by atoms with Gasteiger partial charge in [0.25, 0.3) is 0 Å². The average Bonchev–Trinajstić information content (AvgIpc) is 3.15. The summed E-state index contributed by atoms with van der Waals surface area (Å²) < 4.78 is 18.9. The lowest BCUT2D eigenvalue weighted by Crippen LogP contribution is -2.30. The van der Waals surface area contributed by atoms with E-state index in [-0.39, 0.29) is 22.7 Å². The Morgan fingerprint density at radius 3 is 1.74 bits per heavy atom. The summed E-state index contributed by atoms with van der Waals surface area (Å²) in [7, 11) is -0.0998. The van der Waals surface area contributed by atoms with E-state index in [1.54, 1.807) is 0 Å². The molecule has 0 saturated heterocycles. The van der Waals surface area contributed by atoms with Gasteiger partial charge in [-0.1, -0.05) is 38.1 Å². The Bertz CT molecular complexity index is 1400. The van der Waals surface area contributed by atoms with E-state index < -0.39 is 0 Å². The van der Waals surface area contributed by atoms with Crippen LogP contribution in [0.2, 0.25) is 0 Å². The normalized spacial score (nSPS) is 12.4. The van der Waals surface area contributed by atoms with Crippen molar-refractivity contribution in [1.82, 2.24) is 0 Å². The van der Waals surface area contributed by atoms with Crippen molar-refractivity contribution in [3.05, 3.63) is 95.6 Å². The molecule has 1 heterocycles. The van der Waals surface area contributed by atoms with Gasteiger partial charge in [-0.3, -0.25) is 0 Å². The fourth-order valence-electron chi connectivity index (χ4n) is 3.95. The van der Waals surface area contributed by atoms with E-state index in [1.807, 2.05) is 0 Å². The zero-order valence-electron chi connectivity index (χ0n) is 18.6. The predicted molar refractivity (Wildman–Crippen MR) is 170 cm³/mol. The number of hydrogen-bond acceptors (Lipinski definition) is 2. The summed E-state index contributed by atoms with van der Waals surface area (Å²) in [6.45, 7) is 4.25. The molecule has 172 valence electrons. The van der Waals surface area contributed by atoms with E-state index in [0.717, 1.165) is 18.6 Å². The molecule has 0 spiro atoms. The third-order valence-corrected chi connectivity index (χ3v) is 10.1. The maximum absolute atomic E-state index is 6.38. The van der Waals surface area contributed by atoms with Crippen LogP contribution in [0.3, 0.4) is 0 Å².